The van der Waals surface area contributed by atoms with Gasteiger partial charge in [0.15, 0.2) is 0 Å². The first-order chi connectivity index (χ1) is 15.1. The van der Waals surface area contributed by atoms with Crippen LogP contribution in [0.1, 0.15) is 140 Å². The summed E-state index contributed by atoms with van der Waals surface area (Å²) in [7, 11) is -0.268. The molecule has 0 spiro atoms. The van der Waals surface area contributed by atoms with E-state index in [-0.39, 0.29) is 29.5 Å². The van der Waals surface area contributed by atoms with Gasteiger partial charge in [-0.1, -0.05) is 95.2 Å². The molecule has 2 rings (SSSR count). The Morgan fingerprint density at radius 1 is 0.706 bits per heavy atom. The van der Waals surface area contributed by atoms with Gasteiger partial charge in [0.05, 0.1) is 12.6 Å². The van der Waals surface area contributed by atoms with Crippen LogP contribution in [0.15, 0.2) is 16.9 Å². The van der Waals surface area contributed by atoms with Gasteiger partial charge in [-0.05, 0) is 79.6 Å². The van der Waals surface area contributed by atoms with Gasteiger partial charge in [0, 0.05) is 18.5 Å². The third-order valence-corrected chi connectivity index (χ3v) is 18.6. The molecule has 0 aromatic heterocycles. The topological polar surface area (TPSA) is 15.4 Å². The van der Waals surface area contributed by atoms with Gasteiger partial charge in [0.1, 0.15) is 0 Å². The second-order valence-corrected chi connectivity index (χ2v) is 22.7. The van der Waals surface area contributed by atoms with E-state index >= 15 is 0 Å². The molecule has 0 amide bonds. The lowest BCUT2D eigenvalue weighted by molar-refractivity contribution is 0.402. The van der Waals surface area contributed by atoms with Crippen LogP contribution < -0.4 is 0 Å². The largest absolute Gasteiger partial charge is 0.246 e. The van der Waals surface area contributed by atoms with Crippen LogP contribution in [-0.2, 0) is 16.2 Å². The molecule has 1 heterocycles. The van der Waals surface area contributed by atoms with Crippen LogP contribution in [0.4, 0.5) is 5.69 Å². The van der Waals surface area contributed by atoms with E-state index in [1.165, 1.54) is 41.6 Å². The summed E-state index contributed by atoms with van der Waals surface area (Å²) in [5.74, 6) is 0. The monoisotopic (exact) mass is 506 g/mol. The Bertz CT molecular complexity index is 899. The van der Waals surface area contributed by atoms with Crippen LogP contribution >= 0.6 is 14.7 Å². The molecule has 0 aliphatic carbocycles. The highest BCUT2D eigenvalue weighted by Crippen LogP contribution is 3.05. The van der Waals surface area contributed by atoms with E-state index in [1.807, 2.05) is 0 Å². The summed E-state index contributed by atoms with van der Waals surface area (Å²) in [4.78, 5) is 0. The molecule has 2 nitrogen and oxygen atoms in total. The normalized spacial score (nSPS) is 24.4. The molecule has 1 unspecified atom stereocenters. The van der Waals surface area contributed by atoms with Crippen LogP contribution in [0.2, 0.25) is 0 Å². The molecule has 1 aromatic carbocycles. The fourth-order valence-corrected chi connectivity index (χ4v) is 19.9. The van der Waals surface area contributed by atoms with Crippen LogP contribution in [0, 0.1) is 0 Å². The molecule has 34 heavy (non-hydrogen) atoms. The fourth-order valence-electron chi connectivity index (χ4n) is 5.47. The number of rotatable bonds is 5. The predicted molar refractivity (Wildman–Crippen MR) is 160 cm³/mol. The number of hydrogen-bond acceptors (Lipinski definition) is 1. The molecule has 0 bridgehead atoms. The van der Waals surface area contributed by atoms with Gasteiger partial charge in [-0.2, -0.15) is 0 Å². The minimum Gasteiger partial charge on any atom is -0.246 e. The molecule has 0 radical (unpaired) electrons. The third kappa shape index (κ3) is 5.55. The van der Waals surface area contributed by atoms with E-state index in [9.17, 15) is 0 Å². The van der Waals surface area contributed by atoms with Gasteiger partial charge in [0.2, 0.25) is 0 Å². The lowest BCUT2D eigenvalue weighted by Gasteiger charge is -2.33. The standard InChI is InChI=1S/C30H56N2P2/c1-17-30(18-2,19-3)33-32(29(13,14)15)34(33,16)31-25-23(27(7,8)9)20-22(26(4,5)6)21-24(25)28(10,11)12/h20-21H,17-19H2,1-16H3/t32?,33-,34-/m1/s1. The molecule has 0 N–H and O–H groups in total. The lowest BCUT2D eigenvalue weighted by atomic mass is 9.74. The molecule has 3 atom stereocenters. The van der Waals surface area contributed by atoms with Crippen molar-refractivity contribution in [3.8, 4) is 0 Å². The molecule has 196 valence electrons. The van der Waals surface area contributed by atoms with Crippen molar-refractivity contribution in [2.24, 2.45) is 4.74 Å². The molecule has 1 fully saturated rings. The van der Waals surface area contributed by atoms with E-state index in [1.54, 1.807) is 0 Å². The maximum absolute atomic E-state index is 5.96. The second-order valence-electron chi connectivity index (χ2n) is 14.7. The SMILES string of the molecule is CCC(CC)(CC)[P@]1N(C(C)(C)C)[P@@]1(C)=Nc1c(C(C)(C)C)cc(C(C)(C)C)cc1C(C)(C)C. The van der Waals surface area contributed by atoms with E-state index in [2.05, 4.69) is 127 Å². The summed E-state index contributed by atoms with van der Waals surface area (Å²) in [5.41, 5.74) is 5.94. The molecule has 4 heteroatoms. The van der Waals surface area contributed by atoms with Gasteiger partial charge < -0.3 is 0 Å². The van der Waals surface area contributed by atoms with Crippen molar-refractivity contribution in [3.63, 3.8) is 0 Å². The minimum absolute atomic E-state index is 0.0436. The predicted octanol–water partition coefficient (Wildman–Crippen LogP) is 11.4. The van der Waals surface area contributed by atoms with Crippen molar-refractivity contribution in [3.05, 3.63) is 28.8 Å². The summed E-state index contributed by atoms with van der Waals surface area (Å²) in [6.45, 7) is 36.6. The van der Waals surface area contributed by atoms with E-state index in [0.717, 1.165) is 0 Å². The van der Waals surface area contributed by atoms with E-state index < -0.39 is 6.89 Å². The van der Waals surface area contributed by atoms with Gasteiger partial charge in [0.25, 0.3) is 0 Å². The maximum Gasteiger partial charge on any atom is 0.0763 e. The average molecular weight is 507 g/mol. The molecule has 1 aliphatic heterocycles. The molecule has 1 saturated heterocycles. The molecule has 0 saturated carbocycles. The summed E-state index contributed by atoms with van der Waals surface area (Å²) in [6.07, 6.45) is 3.76. The number of benzene rings is 1. The Balaban J connectivity index is 3.00. The Kier molecular flexibility index (Phi) is 8.22. The highest BCUT2D eigenvalue weighted by Gasteiger charge is 2.65. The Hall–Kier alpha value is -0.160. The van der Waals surface area contributed by atoms with Gasteiger partial charge in [-0.15, -0.1) is 0 Å². The first-order valence-corrected chi connectivity index (χ1v) is 17.6. The zero-order valence-electron chi connectivity index (χ0n) is 25.6. The van der Waals surface area contributed by atoms with Crippen molar-refractivity contribution in [1.82, 2.24) is 4.44 Å². The van der Waals surface area contributed by atoms with Crippen LogP contribution in [-0.4, -0.2) is 21.8 Å². The summed E-state index contributed by atoms with van der Waals surface area (Å²) in [6, 6.07) is 4.97. The smallest absolute Gasteiger partial charge is 0.0763 e. The van der Waals surface area contributed by atoms with Crippen molar-refractivity contribution in [2.75, 3.05) is 6.66 Å². The van der Waals surface area contributed by atoms with Crippen LogP contribution in [0.25, 0.3) is 0 Å². The molecule has 1 aliphatic rings. The van der Waals surface area contributed by atoms with E-state index in [0.29, 0.717) is 5.16 Å². The summed E-state index contributed by atoms with van der Waals surface area (Å²) in [5, 5.41) is 0.407. The number of nitrogens with zero attached hydrogens (tertiary/aromatic N) is 2. The van der Waals surface area contributed by atoms with Crippen molar-refractivity contribution >= 4 is 20.3 Å². The van der Waals surface area contributed by atoms with Gasteiger partial charge >= 0.3 is 0 Å². The first kappa shape index (κ1) is 30.1. The van der Waals surface area contributed by atoms with Gasteiger partial charge in [-0.25, -0.2) is 9.19 Å². The highest BCUT2D eigenvalue weighted by molar-refractivity contribution is 8.46. The van der Waals surface area contributed by atoms with Gasteiger partial charge in [-0.3, -0.25) is 0 Å². The summed E-state index contributed by atoms with van der Waals surface area (Å²) >= 11 is 0. The Labute approximate surface area is 214 Å². The van der Waals surface area contributed by atoms with Crippen LogP contribution in [0.3, 0.4) is 0 Å². The average Bonchev–Trinajstić information content (AvgIpc) is 3.27. The quantitative estimate of drug-likeness (QED) is 0.286. The van der Waals surface area contributed by atoms with Crippen molar-refractivity contribution < 1.29 is 0 Å². The van der Waals surface area contributed by atoms with Crippen LogP contribution in [0.5, 0.6) is 0 Å². The second kappa shape index (κ2) is 9.30. The van der Waals surface area contributed by atoms with E-state index in [4.69, 9.17) is 4.74 Å². The van der Waals surface area contributed by atoms with Crippen molar-refractivity contribution in [2.45, 2.75) is 150 Å². The first-order valence-electron chi connectivity index (χ1n) is 13.5. The lowest BCUT2D eigenvalue weighted by Crippen LogP contribution is -2.28. The Morgan fingerprint density at radius 3 is 1.35 bits per heavy atom. The Morgan fingerprint density at radius 2 is 1.09 bits per heavy atom. The zero-order chi connectivity index (χ0) is 26.7. The maximum atomic E-state index is 5.96. The fraction of sp³-hybridized carbons (Fsp3) is 0.800. The number of hydrogen-bond donors (Lipinski definition) is 0. The zero-order valence-corrected chi connectivity index (χ0v) is 27.4. The molecular formula is C30H56N2P2. The highest BCUT2D eigenvalue weighted by atomic mass is 32.1. The summed E-state index contributed by atoms with van der Waals surface area (Å²) < 4.78 is 8.85. The third-order valence-electron chi connectivity index (χ3n) is 7.75. The minimum atomic E-state index is -1.63. The molecular weight excluding hydrogens is 450 g/mol. The molecule has 1 aromatic rings. The van der Waals surface area contributed by atoms with Crippen molar-refractivity contribution in [1.29, 1.82) is 0 Å².